The van der Waals surface area contributed by atoms with Crippen molar-refractivity contribution >= 4 is 16.8 Å². The number of hydrogen-bond donors (Lipinski definition) is 1. The molecule has 2 aromatic carbocycles. The number of carbonyl (C=O) groups is 1. The Morgan fingerprint density at radius 1 is 1.00 bits per heavy atom. The third kappa shape index (κ3) is 4.79. The molecule has 0 spiro atoms. The van der Waals surface area contributed by atoms with Gasteiger partial charge in [0, 0.05) is 24.8 Å². The van der Waals surface area contributed by atoms with Crippen LogP contribution in [0.3, 0.4) is 0 Å². The van der Waals surface area contributed by atoms with E-state index in [1.807, 2.05) is 31.2 Å². The summed E-state index contributed by atoms with van der Waals surface area (Å²) in [4.78, 5) is 11.9. The summed E-state index contributed by atoms with van der Waals surface area (Å²) in [5, 5.41) is 4.13. The number of aryl methyl sites for hydroxylation is 1. The number of nitrogens with zero attached hydrogens (tertiary/aromatic N) is 1. The van der Waals surface area contributed by atoms with Crippen molar-refractivity contribution in [2.24, 2.45) is 0 Å². The summed E-state index contributed by atoms with van der Waals surface area (Å²) < 4.78 is 13.1. The van der Waals surface area contributed by atoms with Crippen LogP contribution in [0.2, 0.25) is 0 Å². The molecule has 1 aromatic heterocycles. The van der Waals surface area contributed by atoms with Crippen molar-refractivity contribution in [3.63, 3.8) is 0 Å². The number of rotatable bonds is 9. The van der Waals surface area contributed by atoms with Crippen molar-refractivity contribution in [1.29, 1.82) is 0 Å². The Balaban J connectivity index is 1.36. The van der Waals surface area contributed by atoms with Crippen LogP contribution in [0.25, 0.3) is 10.9 Å². The van der Waals surface area contributed by atoms with Crippen LogP contribution in [0.1, 0.15) is 13.3 Å². The normalized spacial score (nSPS) is 10.7. The van der Waals surface area contributed by atoms with Crippen LogP contribution in [0.5, 0.6) is 11.5 Å². The lowest BCUT2D eigenvalue weighted by Crippen LogP contribution is -2.30. The van der Waals surface area contributed by atoms with Crippen LogP contribution >= 0.6 is 0 Å². The largest absolute Gasteiger partial charge is 0.494 e. The van der Waals surface area contributed by atoms with Crippen molar-refractivity contribution in [2.75, 3.05) is 19.8 Å². The lowest BCUT2D eigenvalue weighted by atomic mass is 10.2. The van der Waals surface area contributed by atoms with Gasteiger partial charge in [-0.3, -0.25) is 4.79 Å². The lowest BCUT2D eigenvalue weighted by molar-refractivity contribution is -0.123. The minimum Gasteiger partial charge on any atom is -0.494 e. The van der Waals surface area contributed by atoms with E-state index >= 15 is 0 Å². The zero-order valence-electron chi connectivity index (χ0n) is 15.0. The first kappa shape index (κ1) is 17.9. The van der Waals surface area contributed by atoms with Gasteiger partial charge in [-0.05, 0) is 55.1 Å². The van der Waals surface area contributed by atoms with Crippen LogP contribution in [-0.2, 0) is 11.3 Å². The zero-order chi connectivity index (χ0) is 18.2. The van der Waals surface area contributed by atoms with Gasteiger partial charge in [0.05, 0.1) is 6.61 Å². The number of amides is 1. The van der Waals surface area contributed by atoms with E-state index in [0.717, 1.165) is 18.7 Å². The molecule has 26 heavy (non-hydrogen) atoms. The maximum atomic E-state index is 11.9. The Morgan fingerprint density at radius 2 is 1.73 bits per heavy atom. The molecule has 3 aromatic rings. The van der Waals surface area contributed by atoms with E-state index in [4.69, 9.17) is 9.47 Å². The number of fused-ring (bicyclic) bond motifs is 1. The molecule has 1 N–H and O–H groups in total. The molecule has 0 bridgehead atoms. The summed E-state index contributed by atoms with van der Waals surface area (Å²) in [6.07, 6.45) is 2.95. The Kier molecular flexibility index (Phi) is 6.14. The molecule has 0 saturated carbocycles. The van der Waals surface area contributed by atoms with Gasteiger partial charge in [-0.1, -0.05) is 18.2 Å². The van der Waals surface area contributed by atoms with Crippen molar-refractivity contribution < 1.29 is 14.3 Å². The van der Waals surface area contributed by atoms with E-state index in [1.165, 1.54) is 10.9 Å². The van der Waals surface area contributed by atoms with Crippen molar-refractivity contribution in [3.05, 3.63) is 60.8 Å². The molecule has 0 atom stereocenters. The fourth-order valence-electron chi connectivity index (χ4n) is 2.81. The molecule has 136 valence electrons. The molecule has 0 aliphatic heterocycles. The number of nitrogens with one attached hydrogen (secondary N) is 1. The Labute approximate surface area is 153 Å². The highest BCUT2D eigenvalue weighted by atomic mass is 16.5. The van der Waals surface area contributed by atoms with Gasteiger partial charge < -0.3 is 19.4 Å². The minimum atomic E-state index is -0.115. The van der Waals surface area contributed by atoms with E-state index in [9.17, 15) is 4.79 Å². The van der Waals surface area contributed by atoms with Crippen LogP contribution in [0.15, 0.2) is 60.8 Å². The molecule has 0 aliphatic rings. The van der Waals surface area contributed by atoms with Gasteiger partial charge in [0.1, 0.15) is 11.5 Å². The Bertz CT molecular complexity index is 840. The first-order valence-electron chi connectivity index (χ1n) is 8.92. The first-order chi connectivity index (χ1) is 12.8. The Hall–Kier alpha value is -2.95. The number of aromatic nitrogens is 1. The average molecular weight is 352 g/mol. The Morgan fingerprint density at radius 3 is 2.50 bits per heavy atom. The van der Waals surface area contributed by atoms with Gasteiger partial charge in [-0.2, -0.15) is 0 Å². The van der Waals surface area contributed by atoms with Gasteiger partial charge in [0.25, 0.3) is 5.91 Å². The van der Waals surface area contributed by atoms with E-state index in [2.05, 4.69) is 34.3 Å². The minimum absolute atomic E-state index is 0.0143. The van der Waals surface area contributed by atoms with Crippen molar-refractivity contribution in [1.82, 2.24) is 9.88 Å². The maximum absolute atomic E-state index is 11.9. The number of ether oxygens (including phenoxy) is 2. The summed E-state index contributed by atoms with van der Waals surface area (Å²) in [5.41, 5.74) is 1.22. The van der Waals surface area contributed by atoms with E-state index in [0.29, 0.717) is 18.9 Å². The smallest absolute Gasteiger partial charge is 0.257 e. The number of hydrogen-bond acceptors (Lipinski definition) is 3. The van der Waals surface area contributed by atoms with Crippen molar-refractivity contribution in [2.45, 2.75) is 19.9 Å². The molecule has 0 saturated heterocycles. The molecule has 3 rings (SSSR count). The fourth-order valence-corrected chi connectivity index (χ4v) is 2.81. The number of benzene rings is 2. The highest BCUT2D eigenvalue weighted by molar-refractivity contribution is 5.80. The molecular weight excluding hydrogens is 328 g/mol. The second kappa shape index (κ2) is 8.94. The van der Waals surface area contributed by atoms with E-state index in [-0.39, 0.29) is 12.5 Å². The van der Waals surface area contributed by atoms with Gasteiger partial charge in [-0.25, -0.2) is 0 Å². The van der Waals surface area contributed by atoms with Crippen LogP contribution in [0.4, 0.5) is 0 Å². The van der Waals surface area contributed by atoms with Gasteiger partial charge in [-0.15, -0.1) is 0 Å². The van der Waals surface area contributed by atoms with Gasteiger partial charge >= 0.3 is 0 Å². The predicted octanol–water partition coefficient (Wildman–Crippen LogP) is 3.63. The highest BCUT2D eigenvalue weighted by Gasteiger charge is 2.04. The topological polar surface area (TPSA) is 52.5 Å². The zero-order valence-corrected chi connectivity index (χ0v) is 15.0. The summed E-state index contributed by atoms with van der Waals surface area (Å²) in [6.45, 7) is 4.07. The van der Waals surface area contributed by atoms with Crippen LogP contribution < -0.4 is 14.8 Å². The van der Waals surface area contributed by atoms with E-state index < -0.39 is 0 Å². The van der Waals surface area contributed by atoms with Gasteiger partial charge in [0.2, 0.25) is 0 Å². The first-order valence-corrected chi connectivity index (χ1v) is 8.92. The molecule has 1 amide bonds. The number of para-hydroxylation sites is 1. The molecule has 0 aliphatic carbocycles. The molecule has 0 fully saturated rings. The van der Waals surface area contributed by atoms with E-state index in [1.54, 1.807) is 12.1 Å². The quantitative estimate of drug-likeness (QED) is 0.599. The maximum Gasteiger partial charge on any atom is 0.257 e. The summed E-state index contributed by atoms with van der Waals surface area (Å²) in [5.74, 6) is 1.33. The fraction of sp³-hybridized carbons (Fsp3) is 0.286. The average Bonchev–Trinajstić information content (AvgIpc) is 3.08. The SMILES string of the molecule is CCOc1ccc(OCC(=O)NCCCn2ccc3ccccc32)cc1. The highest BCUT2D eigenvalue weighted by Crippen LogP contribution is 2.17. The molecule has 0 unspecified atom stereocenters. The third-order valence-electron chi connectivity index (χ3n) is 4.08. The molecular formula is C21H24N2O3. The summed E-state index contributed by atoms with van der Waals surface area (Å²) >= 11 is 0. The molecule has 1 heterocycles. The molecule has 5 nitrogen and oxygen atoms in total. The molecule has 5 heteroatoms. The lowest BCUT2D eigenvalue weighted by Gasteiger charge is -2.09. The van der Waals surface area contributed by atoms with Crippen LogP contribution in [-0.4, -0.2) is 30.2 Å². The standard InChI is InChI=1S/C21H24N2O3/c1-2-25-18-8-10-19(11-9-18)26-16-21(24)22-13-5-14-23-15-12-17-6-3-4-7-20(17)23/h3-4,6-12,15H,2,5,13-14,16H2,1H3,(H,22,24). The third-order valence-corrected chi connectivity index (χ3v) is 4.08. The second-order valence-electron chi connectivity index (χ2n) is 5.96. The van der Waals surface area contributed by atoms with Gasteiger partial charge in [0.15, 0.2) is 6.61 Å². The molecule has 0 radical (unpaired) electrons. The van der Waals surface area contributed by atoms with Crippen molar-refractivity contribution in [3.8, 4) is 11.5 Å². The second-order valence-corrected chi connectivity index (χ2v) is 5.96. The number of carbonyl (C=O) groups excluding carboxylic acids is 1. The van der Waals surface area contributed by atoms with Crippen LogP contribution in [0, 0.1) is 0 Å². The summed E-state index contributed by atoms with van der Waals surface area (Å²) in [6, 6.07) is 17.7. The monoisotopic (exact) mass is 352 g/mol. The predicted molar refractivity (Wildman–Crippen MR) is 103 cm³/mol. The summed E-state index contributed by atoms with van der Waals surface area (Å²) in [7, 11) is 0.